The van der Waals surface area contributed by atoms with Crippen molar-refractivity contribution in [3.8, 4) is 11.4 Å². The summed E-state index contributed by atoms with van der Waals surface area (Å²) < 4.78 is 2.40. The molecule has 60 heavy (non-hydrogen) atoms. The van der Waals surface area contributed by atoms with E-state index >= 15 is 0 Å². The molecule has 3 unspecified atom stereocenters. The first kappa shape index (κ1) is 38.4. The quantitative estimate of drug-likeness (QED) is 0.0652. The van der Waals surface area contributed by atoms with E-state index in [-0.39, 0.29) is 6.04 Å². The van der Waals surface area contributed by atoms with Crippen LogP contribution in [0.4, 0.5) is 0 Å². The molecular weight excluding hydrogens is 731 g/mol. The van der Waals surface area contributed by atoms with E-state index in [9.17, 15) is 0 Å². The summed E-state index contributed by atoms with van der Waals surface area (Å²) in [5, 5.41) is 6.04. The predicted molar refractivity (Wildman–Crippen MR) is 253 cm³/mol. The Morgan fingerprint density at radius 2 is 1.58 bits per heavy atom. The number of aliphatic imine (C=N–C) groups is 1. The number of benzene rings is 4. The molecule has 0 fully saturated rings. The van der Waals surface area contributed by atoms with Gasteiger partial charge in [-0.25, -0.2) is 9.97 Å². The molecule has 0 saturated carbocycles. The summed E-state index contributed by atoms with van der Waals surface area (Å²) in [4.78, 5) is 14.1. The zero-order valence-electron chi connectivity index (χ0n) is 34.4. The summed E-state index contributed by atoms with van der Waals surface area (Å²) in [5.41, 5.74) is 15.1. The highest BCUT2D eigenvalue weighted by Crippen LogP contribution is 2.49. The fraction of sp³-hybridized carbons (Fsp3) is 0.145. The second-order valence-electron chi connectivity index (χ2n) is 15.8. The van der Waals surface area contributed by atoms with Crippen molar-refractivity contribution in [2.45, 2.75) is 45.1 Å². The number of fused-ring (bicyclic) bond motifs is 6. The van der Waals surface area contributed by atoms with Crippen molar-refractivity contribution >= 4 is 44.5 Å². The molecule has 2 heterocycles. The van der Waals surface area contributed by atoms with Crippen LogP contribution in [0, 0.1) is 5.92 Å². The molecule has 0 saturated heterocycles. The Hall–Kier alpha value is -7.11. The number of hydrogen-bond acceptors (Lipinski definition) is 3. The van der Waals surface area contributed by atoms with Gasteiger partial charge in [-0.2, -0.15) is 0 Å². The van der Waals surface area contributed by atoms with Crippen molar-refractivity contribution in [3.05, 3.63) is 223 Å². The number of hydrogen-bond donors (Lipinski definition) is 1. The van der Waals surface area contributed by atoms with Crippen LogP contribution in [0.3, 0.4) is 0 Å². The highest BCUT2D eigenvalue weighted by atomic mass is 15.0. The van der Waals surface area contributed by atoms with E-state index in [1.165, 1.54) is 61.6 Å². The maximum absolute atomic E-state index is 5.28. The zero-order chi connectivity index (χ0) is 41.2. The number of nitrogens with one attached hydrogen (secondary N) is 1. The lowest BCUT2D eigenvalue weighted by Gasteiger charge is -2.36. The second-order valence-corrected chi connectivity index (χ2v) is 15.8. The lowest BCUT2D eigenvalue weighted by atomic mass is 9.67. The molecule has 0 spiro atoms. The molecule has 4 aromatic carbocycles. The first-order chi connectivity index (χ1) is 29.4. The Morgan fingerprint density at radius 3 is 2.35 bits per heavy atom. The van der Waals surface area contributed by atoms with Gasteiger partial charge in [0.15, 0.2) is 5.82 Å². The van der Waals surface area contributed by atoms with Gasteiger partial charge < -0.3 is 9.88 Å². The lowest BCUT2D eigenvalue weighted by Crippen LogP contribution is -2.26. The summed E-state index contributed by atoms with van der Waals surface area (Å²) in [6.45, 7) is 16.6. The van der Waals surface area contributed by atoms with E-state index in [0.717, 1.165) is 46.8 Å². The van der Waals surface area contributed by atoms with E-state index in [1.54, 1.807) is 12.4 Å². The van der Waals surface area contributed by atoms with E-state index in [0.29, 0.717) is 17.7 Å². The molecule has 2 aromatic heterocycles. The van der Waals surface area contributed by atoms with E-state index in [4.69, 9.17) is 4.99 Å². The molecule has 5 nitrogen and oxygen atoms in total. The van der Waals surface area contributed by atoms with E-state index in [1.807, 2.05) is 37.3 Å². The topological polar surface area (TPSA) is 55.1 Å². The van der Waals surface area contributed by atoms with Crippen LogP contribution in [0.15, 0.2) is 206 Å². The van der Waals surface area contributed by atoms with Crippen LogP contribution in [0.25, 0.3) is 50.0 Å². The molecule has 6 aromatic rings. The highest BCUT2D eigenvalue weighted by Gasteiger charge is 2.33. The third kappa shape index (κ3) is 7.17. The third-order valence-corrected chi connectivity index (χ3v) is 12.2. The molecule has 0 aliphatic heterocycles. The average Bonchev–Trinajstić information content (AvgIpc) is 3.64. The standard InChI is InChI=1S/C55H49N5/c1-6-36(4)51(8-3)59-55(39-24-22-38(23-25-39)54-56-32-15-33-57-54)58-41-27-29-42(30-28-41)60-52-21-14-13-20-48(52)50-35-40(26-31-53(50)60)37(5)34-49-43(7-2)44-16-9-10-17-45(44)46-18-11-12-19-47(46)49/h6-10,12-17,19-27,29-35,41,46-47H,1-3,11,18,28H2,4-5H3,(H,58,59)/b37-34+,51-36+. The van der Waals surface area contributed by atoms with Gasteiger partial charge in [0.25, 0.3) is 0 Å². The normalized spacial score (nSPS) is 19.4. The molecule has 3 aliphatic rings. The number of allylic oxidation sites excluding steroid dienone is 12. The van der Waals surface area contributed by atoms with Crippen LogP contribution in [0.5, 0.6) is 0 Å². The molecule has 9 rings (SSSR count). The summed E-state index contributed by atoms with van der Waals surface area (Å²) in [7, 11) is 0. The minimum Gasteiger partial charge on any atom is -0.340 e. The van der Waals surface area contributed by atoms with Gasteiger partial charge in [0.05, 0.1) is 17.1 Å². The van der Waals surface area contributed by atoms with Crippen LogP contribution >= 0.6 is 0 Å². The Bertz CT molecular complexity index is 2890. The number of rotatable bonds is 10. The molecule has 0 amide bonds. The van der Waals surface area contributed by atoms with Crippen LogP contribution in [0.2, 0.25) is 0 Å². The fourth-order valence-electron chi connectivity index (χ4n) is 9.09. The molecule has 5 heteroatoms. The van der Waals surface area contributed by atoms with Crippen molar-refractivity contribution in [3.63, 3.8) is 0 Å². The largest absolute Gasteiger partial charge is 0.340 e. The van der Waals surface area contributed by atoms with Crippen LogP contribution < -0.4 is 5.32 Å². The van der Waals surface area contributed by atoms with Gasteiger partial charge in [0, 0.05) is 51.6 Å². The predicted octanol–water partition coefficient (Wildman–Crippen LogP) is 13.2. The Morgan fingerprint density at radius 1 is 0.817 bits per heavy atom. The number of aromatic nitrogens is 3. The molecule has 0 bridgehead atoms. The van der Waals surface area contributed by atoms with Gasteiger partial charge in [0.1, 0.15) is 5.84 Å². The van der Waals surface area contributed by atoms with Gasteiger partial charge >= 0.3 is 0 Å². The molecule has 3 aliphatic carbocycles. The van der Waals surface area contributed by atoms with Gasteiger partial charge in [-0.3, -0.25) is 4.99 Å². The fourth-order valence-corrected chi connectivity index (χ4v) is 9.09. The smallest absolute Gasteiger partial charge is 0.159 e. The van der Waals surface area contributed by atoms with E-state index in [2.05, 4.69) is 168 Å². The number of para-hydroxylation sites is 1. The molecule has 294 valence electrons. The summed E-state index contributed by atoms with van der Waals surface area (Å²) >= 11 is 0. The number of amidine groups is 1. The van der Waals surface area contributed by atoms with Crippen molar-refractivity contribution in [1.82, 2.24) is 19.9 Å². The molecule has 3 atom stereocenters. The maximum Gasteiger partial charge on any atom is 0.159 e. The first-order valence-corrected chi connectivity index (χ1v) is 20.9. The Balaban J connectivity index is 1.05. The monoisotopic (exact) mass is 779 g/mol. The van der Waals surface area contributed by atoms with Gasteiger partial charge in [-0.05, 0) is 114 Å². The van der Waals surface area contributed by atoms with Crippen molar-refractivity contribution in [2.24, 2.45) is 10.9 Å². The first-order valence-electron chi connectivity index (χ1n) is 20.9. The van der Waals surface area contributed by atoms with Crippen LogP contribution in [-0.2, 0) is 0 Å². The van der Waals surface area contributed by atoms with Gasteiger partial charge in [0.2, 0.25) is 0 Å². The zero-order valence-corrected chi connectivity index (χ0v) is 34.4. The summed E-state index contributed by atoms with van der Waals surface area (Å²) in [6.07, 6.45) is 26.2. The minimum absolute atomic E-state index is 0.0731. The molecule has 0 radical (unpaired) electrons. The van der Waals surface area contributed by atoms with Crippen molar-refractivity contribution in [2.75, 3.05) is 0 Å². The number of nitrogens with zero attached hydrogens (tertiary/aromatic N) is 4. The maximum atomic E-state index is 5.28. The molecule has 1 N–H and O–H groups in total. The van der Waals surface area contributed by atoms with Crippen molar-refractivity contribution in [1.29, 1.82) is 0 Å². The van der Waals surface area contributed by atoms with Crippen molar-refractivity contribution < 1.29 is 0 Å². The second kappa shape index (κ2) is 16.6. The lowest BCUT2D eigenvalue weighted by molar-refractivity contribution is 0.511. The van der Waals surface area contributed by atoms with Gasteiger partial charge in [-0.15, -0.1) is 0 Å². The van der Waals surface area contributed by atoms with Crippen LogP contribution in [0.1, 0.15) is 61.3 Å². The van der Waals surface area contributed by atoms with Crippen LogP contribution in [-0.4, -0.2) is 26.4 Å². The Kier molecular flexibility index (Phi) is 10.6. The molecular formula is C55H49N5. The minimum atomic E-state index is -0.0731. The SMILES string of the molecule is C=CC1=C(/C=C(\C)c2ccc3c(c2)c2ccccc2n3C2=CCC(N=C(N/C(C=C)=C(\C)C=C)c3ccc(-c4ncccn4)cc3)C=C2)C2C=CCCC2c2ccccc21. The third-order valence-electron chi connectivity index (χ3n) is 12.2. The summed E-state index contributed by atoms with van der Waals surface area (Å²) in [5.74, 6) is 2.28. The Labute approximate surface area is 353 Å². The highest BCUT2D eigenvalue weighted by molar-refractivity contribution is 6.11. The average molecular weight is 780 g/mol. The van der Waals surface area contributed by atoms with Gasteiger partial charge in [-0.1, -0.05) is 135 Å². The summed E-state index contributed by atoms with van der Waals surface area (Å²) in [6, 6.07) is 34.6. The van der Waals surface area contributed by atoms with E-state index < -0.39 is 0 Å².